The van der Waals surface area contributed by atoms with E-state index >= 15 is 0 Å². The first kappa shape index (κ1) is 20.9. The highest BCUT2D eigenvalue weighted by molar-refractivity contribution is 8.00. The average molecular weight is 418 g/mol. The van der Waals surface area contributed by atoms with Gasteiger partial charge in [-0.25, -0.2) is 0 Å². The Morgan fingerprint density at radius 2 is 1.96 bits per heavy atom. The summed E-state index contributed by atoms with van der Waals surface area (Å²) >= 11 is 2.85. The van der Waals surface area contributed by atoms with Gasteiger partial charge in [0.25, 0.3) is 5.91 Å². The third kappa shape index (κ3) is 5.14. The molecule has 1 aromatic carbocycles. The van der Waals surface area contributed by atoms with Crippen molar-refractivity contribution < 1.29 is 9.59 Å². The van der Waals surface area contributed by atoms with Crippen LogP contribution in [0.4, 0.5) is 0 Å². The number of allylic oxidation sites excluding steroid dienone is 1. The van der Waals surface area contributed by atoms with E-state index in [-0.39, 0.29) is 17.6 Å². The summed E-state index contributed by atoms with van der Waals surface area (Å²) in [5.74, 6) is 1.56. The summed E-state index contributed by atoms with van der Waals surface area (Å²) in [5.41, 5.74) is 1.05. The van der Waals surface area contributed by atoms with Crippen molar-refractivity contribution >= 4 is 45.1 Å². The standard InChI is InChI=1S/C21H27N3O2S2/c1-4-9-24-17-7-5-6-8-18(17)28-21(24)22-19(25)13-27-14-20(26)23-11-15(2)10-16(3)12-23/h4-8,15-16H,1,9-14H2,2-3H3/t15-,16+. The van der Waals surface area contributed by atoms with Gasteiger partial charge >= 0.3 is 0 Å². The predicted molar refractivity (Wildman–Crippen MR) is 117 cm³/mol. The molecular formula is C21H27N3O2S2. The Hall–Kier alpha value is -1.86. The first-order valence-electron chi connectivity index (χ1n) is 9.60. The molecule has 7 heteroatoms. The van der Waals surface area contributed by atoms with Gasteiger partial charge in [-0.2, -0.15) is 4.99 Å². The molecule has 3 rings (SSSR count). The van der Waals surface area contributed by atoms with E-state index in [1.165, 1.54) is 29.5 Å². The molecule has 2 atom stereocenters. The zero-order chi connectivity index (χ0) is 20.1. The van der Waals surface area contributed by atoms with E-state index in [4.69, 9.17) is 0 Å². The lowest BCUT2D eigenvalue weighted by Crippen LogP contribution is -2.43. The van der Waals surface area contributed by atoms with Crippen LogP contribution in [0.5, 0.6) is 0 Å². The van der Waals surface area contributed by atoms with Crippen molar-refractivity contribution in [3.05, 3.63) is 41.7 Å². The summed E-state index contributed by atoms with van der Waals surface area (Å²) in [6.45, 7) is 10.4. The van der Waals surface area contributed by atoms with E-state index in [9.17, 15) is 9.59 Å². The van der Waals surface area contributed by atoms with E-state index < -0.39 is 0 Å². The summed E-state index contributed by atoms with van der Waals surface area (Å²) in [4.78, 5) is 31.7. The SMILES string of the molecule is C=CCn1c(=NC(=O)CSCC(=O)N2C[C@H](C)C[C@H](C)C2)sc2ccccc21. The number of hydrogen-bond acceptors (Lipinski definition) is 4. The Bertz CT molecular complexity index is 921. The second-order valence-electron chi connectivity index (χ2n) is 7.49. The van der Waals surface area contributed by atoms with Crippen molar-refractivity contribution in [3.8, 4) is 0 Å². The molecule has 1 aromatic heterocycles. The van der Waals surface area contributed by atoms with Gasteiger partial charge in [-0.3, -0.25) is 9.59 Å². The number of benzene rings is 1. The van der Waals surface area contributed by atoms with Gasteiger partial charge in [-0.05, 0) is 30.4 Å². The number of carbonyl (C=O) groups is 2. The lowest BCUT2D eigenvalue weighted by atomic mass is 9.92. The molecule has 2 heterocycles. The molecule has 2 aromatic rings. The number of thioether (sulfide) groups is 1. The van der Waals surface area contributed by atoms with Crippen molar-refractivity contribution in [3.63, 3.8) is 0 Å². The molecule has 2 amide bonds. The van der Waals surface area contributed by atoms with Crippen LogP contribution in [0.15, 0.2) is 41.9 Å². The highest BCUT2D eigenvalue weighted by atomic mass is 32.2. The quantitative estimate of drug-likeness (QED) is 0.676. The molecule has 0 aliphatic carbocycles. The van der Waals surface area contributed by atoms with Gasteiger partial charge < -0.3 is 9.47 Å². The van der Waals surface area contributed by atoms with Gasteiger partial charge in [0.05, 0.1) is 21.7 Å². The van der Waals surface area contributed by atoms with Crippen LogP contribution in [0.25, 0.3) is 10.2 Å². The number of likely N-dealkylation sites (tertiary alicyclic amines) is 1. The number of piperidine rings is 1. The largest absolute Gasteiger partial charge is 0.341 e. The van der Waals surface area contributed by atoms with Crippen molar-refractivity contribution in [2.24, 2.45) is 16.8 Å². The second-order valence-corrected chi connectivity index (χ2v) is 9.49. The molecule has 1 saturated heterocycles. The molecule has 0 unspecified atom stereocenters. The maximum atomic E-state index is 12.4. The van der Waals surface area contributed by atoms with E-state index in [2.05, 4.69) is 25.4 Å². The van der Waals surface area contributed by atoms with Crippen LogP contribution in [0.3, 0.4) is 0 Å². The molecule has 1 fully saturated rings. The number of amides is 2. The van der Waals surface area contributed by atoms with Gasteiger partial charge in [-0.15, -0.1) is 18.3 Å². The minimum Gasteiger partial charge on any atom is -0.341 e. The van der Waals surface area contributed by atoms with Gasteiger partial charge in [0.1, 0.15) is 0 Å². The number of aromatic nitrogens is 1. The number of carbonyl (C=O) groups excluding carboxylic acids is 2. The third-order valence-corrected chi connectivity index (χ3v) is 6.75. The third-order valence-electron chi connectivity index (χ3n) is 4.79. The minimum atomic E-state index is -0.206. The molecular weight excluding hydrogens is 390 g/mol. The normalized spacial score (nSPS) is 20.5. The molecule has 28 heavy (non-hydrogen) atoms. The second kappa shape index (κ2) is 9.56. The monoisotopic (exact) mass is 417 g/mol. The van der Waals surface area contributed by atoms with E-state index in [0.717, 1.165) is 23.3 Å². The molecule has 0 radical (unpaired) electrons. The highest BCUT2D eigenvalue weighted by Gasteiger charge is 2.25. The smallest absolute Gasteiger partial charge is 0.258 e. The van der Waals surface area contributed by atoms with Crippen LogP contribution in [0, 0.1) is 11.8 Å². The zero-order valence-corrected chi connectivity index (χ0v) is 18.1. The number of hydrogen-bond donors (Lipinski definition) is 0. The fourth-order valence-electron chi connectivity index (χ4n) is 3.73. The fourth-order valence-corrected chi connectivity index (χ4v) is 5.49. The van der Waals surface area contributed by atoms with Crippen molar-refractivity contribution in [2.75, 3.05) is 24.6 Å². The Balaban J connectivity index is 1.61. The molecule has 1 aliphatic heterocycles. The van der Waals surface area contributed by atoms with Crippen LogP contribution in [-0.4, -0.2) is 45.9 Å². The van der Waals surface area contributed by atoms with Gasteiger partial charge in [0.2, 0.25) is 5.91 Å². The highest BCUT2D eigenvalue weighted by Crippen LogP contribution is 2.21. The minimum absolute atomic E-state index is 0.125. The van der Waals surface area contributed by atoms with E-state index in [1.807, 2.05) is 33.7 Å². The average Bonchev–Trinajstić information content (AvgIpc) is 2.98. The lowest BCUT2D eigenvalue weighted by molar-refractivity contribution is -0.130. The van der Waals surface area contributed by atoms with Crippen molar-refractivity contribution in [2.45, 2.75) is 26.8 Å². The Morgan fingerprint density at radius 1 is 1.25 bits per heavy atom. The Labute approximate surface area is 174 Å². The number of rotatable bonds is 6. The van der Waals surface area contributed by atoms with Crippen LogP contribution >= 0.6 is 23.1 Å². The first-order chi connectivity index (χ1) is 13.5. The molecule has 5 nitrogen and oxygen atoms in total. The van der Waals surface area contributed by atoms with E-state index in [0.29, 0.717) is 28.9 Å². The number of fused-ring (bicyclic) bond motifs is 1. The Morgan fingerprint density at radius 3 is 2.68 bits per heavy atom. The molecule has 0 bridgehead atoms. The molecule has 0 N–H and O–H groups in total. The number of nitrogens with zero attached hydrogens (tertiary/aromatic N) is 3. The Kier molecular flexibility index (Phi) is 7.13. The maximum Gasteiger partial charge on any atom is 0.258 e. The summed E-state index contributed by atoms with van der Waals surface area (Å²) in [6.07, 6.45) is 2.98. The van der Waals surface area contributed by atoms with Gasteiger partial charge in [0, 0.05) is 19.6 Å². The summed E-state index contributed by atoms with van der Waals surface area (Å²) in [5, 5.41) is 0. The number of para-hydroxylation sites is 1. The van der Waals surface area contributed by atoms with Gasteiger partial charge in [0.15, 0.2) is 4.80 Å². The molecule has 1 aliphatic rings. The van der Waals surface area contributed by atoms with Gasteiger partial charge in [-0.1, -0.05) is 43.4 Å². The van der Waals surface area contributed by atoms with E-state index in [1.54, 1.807) is 6.08 Å². The maximum absolute atomic E-state index is 12.4. The molecule has 0 spiro atoms. The van der Waals surface area contributed by atoms with Crippen LogP contribution in [0.1, 0.15) is 20.3 Å². The summed E-state index contributed by atoms with van der Waals surface area (Å²) < 4.78 is 3.09. The van der Waals surface area contributed by atoms with Crippen molar-refractivity contribution in [1.29, 1.82) is 0 Å². The fraction of sp³-hybridized carbons (Fsp3) is 0.476. The summed E-state index contributed by atoms with van der Waals surface area (Å²) in [6, 6.07) is 8.00. The van der Waals surface area contributed by atoms with Crippen LogP contribution < -0.4 is 4.80 Å². The molecule has 0 saturated carbocycles. The molecule has 150 valence electrons. The lowest BCUT2D eigenvalue weighted by Gasteiger charge is -2.35. The van der Waals surface area contributed by atoms with Crippen LogP contribution in [-0.2, 0) is 16.1 Å². The first-order valence-corrected chi connectivity index (χ1v) is 11.6. The van der Waals surface area contributed by atoms with Crippen LogP contribution in [0.2, 0.25) is 0 Å². The van der Waals surface area contributed by atoms with Crippen molar-refractivity contribution in [1.82, 2.24) is 9.47 Å². The summed E-state index contributed by atoms with van der Waals surface area (Å²) in [7, 11) is 0. The predicted octanol–water partition coefficient (Wildman–Crippen LogP) is 3.55. The number of thiazole rings is 1. The topological polar surface area (TPSA) is 54.7 Å². The zero-order valence-electron chi connectivity index (χ0n) is 16.5.